The van der Waals surface area contributed by atoms with Gasteiger partial charge in [-0.05, 0) is 50.2 Å². The first kappa shape index (κ1) is 15.2. The van der Waals surface area contributed by atoms with Crippen LogP contribution in [0.15, 0.2) is 42.5 Å². The smallest absolute Gasteiger partial charge is 0.308 e. The number of carbonyl (C=O) groups excluding carboxylic acids is 1. The lowest BCUT2D eigenvalue weighted by molar-refractivity contribution is 0.262. The Kier molecular flexibility index (Phi) is 4.12. The van der Waals surface area contributed by atoms with Crippen molar-refractivity contribution < 1.29 is 4.79 Å². The van der Waals surface area contributed by atoms with Crippen LogP contribution in [0, 0.1) is 13.8 Å². The van der Waals surface area contributed by atoms with Gasteiger partial charge in [0.2, 0.25) is 0 Å². The topological polar surface area (TPSA) is 66.9 Å². The van der Waals surface area contributed by atoms with Crippen molar-refractivity contribution in [3.63, 3.8) is 0 Å². The Morgan fingerprint density at radius 1 is 0.913 bits per heavy atom. The molecule has 2 amide bonds. The first-order valence-electron chi connectivity index (χ1n) is 7.10. The van der Waals surface area contributed by atoms with E-state index in [1.165, 1.54) is 0 Å². The van der Waals surface area contributed by atoms with E-state index < -0.39 is 0 Å². The van der Waals surface area contributed by atoms with Gasteiger partial charge in [0.1, 0.15) is 0 Å². The van der Waals surface area contributed by atoms with Crippen LogP contribution >= 0.6 is 11.6 Å². The quantitative estimate of drug-likeness (QED) is 0.726. The van der Waals surface area contributed by atoms with Crippen LogP contribution in [0.1, 0.15) is 11.4 Å². The van der Waals surface area contributed by atoms with Crippen molar-refractivity contribution in [2.24, 2.45) is 0 Å². The summed E-state index contributed by atoms with van der Waals surface area (Å²) in [5.41, 5.74) is 4.59. The number of hydrogen-bond acceptors (Lipinski definition) is 3. The second-order valence-electron chi connectivity index (χ2n) is 5.19. The first-order chi connectivity index (χ1) is 11.0. The molecule has 0 spiro atoms. The van der Waals surface area contributed by atoms with Crippen LogP contribution in [0.2, 0.25) is 5.02 Å². The minimum Gasteiger partial charge on any atom is -0.308 e. The number of anilines is 2. The highest BCUT2D eigenvalue weighted by Crippen LogP contribution is 2.19. The molecule has 1 aromatic heterocycles. The molecule has 0 aliphatic carbocycles. The number of hydrogen-bond donors (Lipinski definition) is 2. The molecular weight excluding hydrogens is 312 g/mol. The van der Waals surface area contributed by atoms with Gasteiger partial charge in [-0.3, -0.25) is 0 Å². The Bertz CT molecular complexity index is 895. The van der Waals surface area contributed by atoms with E-state index in [1.54, 1.807) is 36.4 Å². The number of halogens is 1. The van der Waals surface area contributed by atoms with Crippen LogP contribution in [-0.4, -0.2) is 16.0 Å². The largest absolute Gasteiger partial charge is 0.323 e. The summed E-state index contributed by atoms with van der Waals surface area (Å²) in [6.45, 7) is 3.83. The maximum atomic E-state index is 12.0. The van der Waals surface area contributed by atoms with Gasteiger partial charge in [-0.2, -0.15) is 0 Å². The van der Waals surface area contributed by atoms with Crippen LogP contribution in [0.5, 0.6) is 0 Å². The number of benzene rings is 2. The number of amides is 2. The van der Waals surface area contributed by atoms with Crippen LogP contribution in [0.25, 0.3) is 11.0 Å². The molecule has 2 N–H and O–H groups in total. The fourth-order valence-corrected chi connectivity index (χ4v) is 2.36. The zero-order valence-corrected chi connectivity index (χ0v) is 13.5. The summed E-state index contributed by atoms with van der Waals surface area (Å²) < 4.78 is 0. The van der Waals surface area contributed by atoms with Gasteiger partial charge in [0, 0.05) is 16.4 Å². The Morgan fingerprint density at radius 2 is 1.57 bits per heavy atom. The van der Waals surface area contributed by atoms with Gasteiger partial charge in [0.15, 0.2) is 0 Å². The van der Waals surface area contributed by atoms with Crippen molar-refractivity contribution >= 4 is 40.0 Å². The van der Waals surface area contributed by atoms with Gasteiger partial charge in [-0.15, -0.1) is 0 Å². The van der Waals surface area contributed by atoms with Crippen molar-refractivity contribution in [1.29, 1.82) is 0 Å². The van der Waals surface area contributed by atoms with E-state index in [1.807, 2.05) is 19.9 Å². The summed E-state index contributed by atoms with van der Waals surface area (Å²) in [5, 5.41) is 6.07. The van der Waals surface area contributed by atoms with E-state index in [9.17, 15) is 4.79 Å². The number of urea groups is 1. The predicted octanol–water partition coefficient (Wildman–Crippen LogP) is 4.54. The summed E-state index contributed by atoms with van der Waals surface area (Å²) in [6.07, 6.45) is 0. The molecule has 0 fully saturated rings. The third kappa shape index (κ3) is 3.57. The molecule has 116 valence electrons. The lowest BCUT2D eigenvalue weighted by atomic mass is 10.2. The lowest BCUT2D eigenvalue weighted by Crippen LogP contribution is -2.19. The first-order valence-corrected chi connectivity index (χ1v) is 7.47. The maximum Gasteiger partial charge on any atom is 0.323 e. The minimum absolute atomic E-state index is 0.344. The maximum absolute atomic E-state index is 12.0. The SMILES string of the molecule is Cc1nc2ccc(NC(=O)Nc3cccc(Cl)c3)cc2nc1C. The van der Waals surface area contributed by atoms with Crippen molar-refractivity contribution in [1.82, 2.24) is 9.97 Å². The highest BCUT2D eigenvalue weighted by atomic mass is 35.5. The molecule has 1 heterocycles. The molecule has 0 saturated carbocycles. The third-order valence-electron chi connectivity index (χ3n) is 3.42. The average Bonchev–Trinajstić information content (AvgIpc) is 2.48. The van der Waals surface area contributed by atoms with Gasteiger partial charge in [0.05, 0.1) is 22.4 Å². The molecule has 0 atom stereocenters. The number of rotatable bonds is 2. The Labute approximate surface area is 138 Å². The zero-order chi connectivity index (χ0) is 16.4. The van der Waals surface area contributed by atoms with Gasteiger partial charge in [0.25, 0.3) is 0 Å². The highest BCUT2D eigenvalue weighted by molar-refractivity contribution is 6.30. The second kappa shape index (κ2) is 6.22. The molecule has 6 heteroatoms. The second-order valence-corrected chi connectivity index (χ2v) is 5.62. The van der Waals surface area contributed by atoms with Crippen LogP contribution < -0.4 is 10.6 Å². The number of carbonyl (C=O) groups is 1. The number of fused-ring (bicyclic) bond motifs is 1. The summed E-state index contributed by atoms with van der Waals surface area (Å²) in [5.74, 6) is 0. The summed E-state index contributed by atoms with van der Waals surface area (Å²) in [6, 6.07) is 12.1. The van der Waals surface area contributed by atoms with E-state index >= 15 is 0 Å². The van der Waals surface area contributed by atoms with Gasteiger partial charge >= 0.3 is 6.03 Å². The monoisotopic (exact) mass is 326 g/mol. The molecule has 0 bridgehead atoms. The van der Waals surface area contributed by atoms with Gasteiger partial charge < -0.3 is 10.6 Å². The molecule has 0 saturated heterocycles. The average molecular weight is 327 g/mol. The molecule has 23 heavy (non-hydrogen) atoms. The fourth-order valence-electron chi connectivity index (χ4n) is 2.17. The van der Waals surface area contributed by atoms with E-state index in [0.29, 0.717) is 16.4 Å². The minimum atomic E-state index is -0.344. The van der Waals surface area contributed by atoms with Crippen molar-refractivity contribution in [3.8, 4) is 0 Å². The van der Waals surface area contributed by atoms with Gasteiger partial charge in [-0.1, -0.05) is 17.7 Å². The Balaban J connectivity index is 1.78. The van der Waals surface area contributed by atoms with Crippen molar-refractivity contribution in [2.45, 2.75) is 13.8 Å². The molecule has 3 aromatic rings. The standard InChI is InChI=1S/C17H15ClN4O/c1-10-11(2)20-16-9-14(6-7-15(16)19-10)22-17(23)21-13-5-3-4-12(18)8-13/h3-9H,1-2H3,(H2,21,22,23). The van der Waals surface area contributed by atoms with E-state index in [0.717, 1.165) is 22.4 Å². The molecular formula is C17H15ClN4O. The number of nitrogens with one attached hydrogen (secondary N) is 2. The summed E-state index contributed by atoms with van der Waals surface area (Å²) in [7, 11) is 0. The molecule has 0 aliphatic heterocycles. The number of aryl methyl sites for hydroxylation is 2. The molecule has 3 rings (SSSR count). The van der Waals surface area contributed by atoms with Crippen molar-refractivity contribution in [2.75, 3.05) is 10.6 Å². The lowest BCUT2D eigenvalue weighted by Gasteiger charge is -2.09. The summed E-state index contributed by atoms with van der Waals surface area (Å²) in [4.78, 5) is 21.0. The Hall–Kier alpha value is -2.66. The molecule has 0 aliphatic rings. The molecule has 2 aromatic carbocycles. The third-order valence-corrected chi connectivity index (χ3v) is 3.65. The molecule has 0 unspecified atom stereocenters. The number of aromatic nitrogens is 2. The summed E-state index contributed by atoms with van der Waals surface area (Å²) >= 11 is 5.89. The molecule has 0 radical (unpaired) electrons. The highest BCUT2D eigenvalue weighted by Gasteiger charge is 2.06. The Morgan fingerprint density at radius 3 is 2.26 bits per heavy atom. The van der Waals surface area contributed by atoms with Crippen LogP contribution in [0.3, 0.4) is 0 Å². The molecule has 5 nitrogen and oxygen atoms in total. The van der Waals surface area contributed by atoms with Crippen molar-refractivity contribution in [3.05, 3.63) is 58.9 Å². The van der Waals surface area contributed by atoms with E-state index in [2.05, 4.69) is 20.6 Å². The van der Waals surface area contributed by atoms with E-state index in [4.69, 9.17) is 11.6 Å². The zero-order valence-electron chi connectivity index (χ0n) is 12.7. The predicted molar refractivity (Wildman–Crippen MR) is 93.1 cm³/mol. The van der Waals surface area contributed by atoms with Gasteiger partial charge in [-0.25, -0.2) is 14.8 Å². The number of nitrogens with zero attached hydrogens (tertiary/aromatic N) is 2. The van der Waals surface area contributed by atoms with Crippen LogP contribution in [0.4, 0.5) is 16.2 Å². The fraction of sp³-hybridized carbons (Fsp3) is 0.118. The van der Waals surface area contributed by atoms with E-state index in [-0.39, 0.29) is 6.03 Å². The normalized spacial score (nSPS) is 10.6. The van der Waals surface area contributed by atoms with Crippen LogP contribution in [-0.2, 0) is 0 Å².